The first-order chi connectivity index (χ1) is 8.61. The van der Waals surface area contributed by atoms with Crippen molar-refractivity contribution < 1.29 is 0 Å². The molecule has 0 aliphatic rings. The van der Waals surface area contributed by atoms with Crippen molar-refractivity contribution in [3.05, 3.63) is 57.3 Å². The van der Waals surface area contributed by atoms with Gasteiger partial charge in [-0.1, -0.05) is 38.1 Å². The number of hydrogen-bond acceptors (Lipinski definition) is 1. The highest BCUT2D eigenvalue weighted by Gasteiger charge is 2.13. The Morgan fingerprint density at radius 2 is 1.67 bits per heavy atom. The molecule has 2 heteroatoms. The maximum atomic E-state index is 6.52. The summed E-state index contributed by atoms with van der Waals surface area (Å²) in [6.45, 7) is 6.59. The molecule has 1 heterocycles. The average Bonchev–Trinajstić information content (AvgIpc) is 2.84. The quantitative estimate of drug-likeness (QED) is 0.611. The fraction of sp³-hybridized carbons (Fsp3) is 0.375. The van der Waals surface area contributed by atoms with Crippen LogP contribution < -0.4 is 0 Å². The van der Waals surface area contributed by atoms with E-state index in [1.165, 1.54) is 27.3 Å². The summed E-state index contributed by atoms with van der Waals surface area (Å²) < 4.78 is 0. The summed E-state index contributed by atoms with van der Waals surface area (Å²) in [7, 11) is 0. The number of aryl methyl sites for hydroxylation is 1. The number of benzene rings is 1. The van der Waals surface area contributed by atoms with E-state index in [1.807, 2.05) is 0 Å². The highest BCUT2D eigenvalue weighted by molar-refractivity contribution is 7.12. The highest BCUT2D eigenvalue weighted by Crippen LogP contribution is 2.34. The molecule has 0 N–H and O–H groups in total. The Morgan fingerprint density at radius 3 is 2.17 bits per heavy atom. The monoisotopic (exact) mass is 278 g/mol. The fourth-order valence-corrected chi connectivity index (χ4v) is 3.22. The lowest BCUT2D eigenvalue weighted by Gasteiger charge is -2.12. The summed E-state index contributed by atoms with van der Waals surface area (Å²) in [5.74, 6) is 0.622. The van der Waals surface area contributed by atoms with Crippen molar-refractivity contribution in [1.82, 2.24) is 0 Å². The summed E-state index contributed by atoms with van der Waals surface area (Å²) >= 11 is 8.29. The standard InChI is InChI=1S/C16H19ClS/c1-4-11(2)13-6-8-14(9-7-13)16(17)15-10-5-12(3)18-15/h5-11,16H,4H2,1-3H3. The molecular formula is C16H19ClS. The lowest BCUT2D eigenvalue weighted by Crippen LogP contribution is -1.94. The van der Waals surface area contributed by atoms with Crippen molar-refractivity contribution in [2.75, 3.05) is 0 Å². The Kier molecular flexibility index (Phi) is 4.47. The topological polar surface area (TPSA) is 0 Å². The molecular weight excluding hydrogens is 260 g/mol. The van der Waals surface area contributed by atoms with Crippen LogP contribution in [0.3, 0.4) is 0 Å². The Labute approximate surface area is 119 Å². The van der Waals surface area contributed by atoms with Crippen molar-refractivity contribution in [1.29, 1.82) is 0 Å². The zero-order valence-corrected chi connectivity index (χ0v) is 12.7. The third-order valence-corrected chi connectivity index (χ3v) is 5.10. The van der Waals surface area contributed by atoms with E-state index >= 15 is 0 Å². The van der Waals surface area contributed by atoms with Gasteiger partial charge >= 0.3 is 0 Å². The number of thiophene rings is 1. The van der Waals surface area contributed by atoms with E-state index in [1.54, 1.807) is 11.3 Å². The smallest absolute Gasteiger partial charge is 0.0927 e. The van der Waals surface area contributed by atoms with Crippen LogP contribution >= 0.6 is 22.9 Å². The Bertz CT molecular complexity index is 498. The molecule has 1 aromatic carbocycles. The molecule has 0 bridgehead atoms. The first-order valence-corrected chi connectivity index (χ1v) is 7.67. The molecule has 0 radical (unpaired) electrons. The minimum atomic E-state index is -0.0188. The summed E-state index contributed by atoms with van der Waals surface area (Å²) in [5, 5.41) is -0.0188. The summed E-state index contributed by atoms with van der Waals surface area (Å²) in [6.07, 6.45) is 1.17. The molecule has 0 nitrogen and oxygen atoms in total. The summed E-state index contributed by atoms with van der Waals surface area (Å²) in [4.78, 5) is 2.54. The van der Waals surface area contributed by atoms with Gasteiger partial charge in [-0.15, -0.1) is 22.9 Å². The Morgan fingerprint density at radius 1 is 1.06 bits per heavy atom. The highest BCUT2D eigenvalue weighted by atomic mass is 35.5. The SMILES string of the molecule is CCC(C)c1ccc(C(Cl)c2ccc(C)s2)cc1. The first-order valence-electron chi connectivity index (χ1n) is 6.42. The van der Waals surface area contributed by atoms with Crippen LogP contribution in [-0.4, -0.2) is 0 Å². The van der Waals surface area contributed by atoms with E-state index in [0.29, 0.717) is 5.92 Å². The van der Waals surface area contributed by atoms with Gasteiger partial charge in [0.25, 0.3) is 0 Å². The number of hydrogen-bond donors (Lipinski definition) is 0. The molecule has 1 aromatic heterocycles. The molecule has 0 saturated heterocycles. The van der Waals surface area contributed by atoms with Crippen LogP contribution in [0.1, 0.15) is 52.4 Å². The maximum absolute atomic E-state index is 6.52. The van der Waals surface area contributed by atoms with Crippen LogP contribution in [0.25, 0.3) is 0 Å². The van der Waals surface area contributed by atoms with Crippen LogP contribution in [0, 0.1) is 6.92 Å². The van der Waals surface area contributed by atoms with Crippen LogP contribution in [0.5, 0.6) is 0 Å². The predicted molar refractivity (Wildman–Crippen MR) is 81.9 cm³/mol. The van der Waals surface area contributed by atoms with E-state index in [4.69, 9.17) is 11.6 Å². The number of alkyl halides is 1. The Hall–Kier alpha value is -0.790. The average molecular weight is 279 g/mol. The van der Waals surface area contributed by atoms with E-state index in [2.05, 4.69) is 57.2 Å². The van der Waals surface area contributed by atoms with Crippen molar-refractivity contribution in [3.8, 4) is 0 Å². The lowest BCUT2D eigenvalue weighted by molar-refractivity contribution is 0.733. The lowest BCUT2D eigenvalue weighted by atomic mass is 9.97. The molecule has 0 aliphatic carbocycles. The molecule has 2 aromatic rings. The minimum Gasteiger partial charge on any atom is -0.144 e. The van der Waals surface area contributed by atoms with Crippen molar-refractivity contribution >= 4 is 22.9 Å². The second-order valence-corrected chi connectivity index (χ2v) is 6.54. The first kappa shape index (κ1) is 13.6. The molecule has 96 valence electrons. The van der Waals surface area contributed by atoms with Gasteiger partial charge < -0.3 is 0 Å². The van der Waals surface area contributed by atoms with Gasteiger partial charge in [-0.2, -0.15) is 0 Å². The molecule has 0 saturated carbocycles. The van der Waals surface area contributed by atoms with Crippen molar-refractivity contribution in [3.63, 3.8) is 0 Å². The molecule has 2 atom stereocenters. The van der Waals surface area contributed by atoms with Crippen molar-refractivity contribution in [2.45, 2.75) is 38.5 Å². The number of halogens is 1. The van der Waals surface area contributed by atoms with Crippen LogP contribution in [0.4, 0.5) is 0 Å². The molecule has 0 amide bonds. The van der Waals surface area contributed by atoms with E-state index in [-0.39, 0.29) is 5.38 Å². The normalized spacial score (nSPS) is 14.4. The summed E-state index contributed by atoms with van der Waals surface area (Å²) in [5.41, 5.74) is 2.58. The fourth-order valence-electron chi connectivity index (χ4n) is 1.98. The van der Waals surface area contributed by atoms with Gasteiger partial charge in [-0.05, 0) is 42.5 Å². The molecule has 0 aliphatic heterocycles. The van der Waals surface area contributed by atoms with Gasteiger partial charge in [-0.25, -0.2) is 0 Å². The van der Waals surface area contributed by atoms with Crippen LogP contribution in [0.2, 0.25) is 0 Å². The van der Waals surface area contributed by atoms with Crippen molar-refractivity contribution in [2.24, 2.45) is 0 Å². The van der Waals surface area contributed by atoms with Gasteiger partial charge in [0.1, 0.15) is 0 Å². The van der Waals surface area contributed by atoms with Gasteiger partial charge in [0.2, 0.25) is 0 Å². The van der Waals surface area contributed by atoms with Gasteiger partial charge in [0.05, 0.1) is 5.38 Å². The maximum Gasteiger partial charge on any atom is 0.0927 e. The van der Waals surface area contributed by atoms with E-state index in [9.17, 15) is 0 Å². The van der Waals surface area contributed by atoms with Gasteiger partial charge in [0.15, 0.2) is 0 Å². The molecule has 0 spiro atoms. The largest absolute Gasteiger partial charge is 0.144 e. The summed E-state index contributed by atoms with van der Waals surface area (Å²) in [6, 6.07) is 13.0. The molecule has 0 fully saturated rings. The van der Waals surface area contributed by atoms with E-state index < -0.39 is 0 Å². The minimum absolute atomic E-state index is 0.0188. The molecule has 2 unspecified atom stereocenters. The molecule has 18 heavy (non-hydrogen) atoms. The third-order valence-electron chi connectivity index (χ3n) is 3.42. The Balaban J connectivity index is 2.19. The second kappa shape index (κ2) is 5.90. The van der Waals surface area contributed by atoms with Gasteiger partial charge in [-0.3, -0.25) is 0 Å². The second-order valence-electron chi connectivity index (χ2n) is 4.79. The van der Waals surface area contributed by atoms with Crippen LogP contribution in [0.15, 0.2) is 36.4 Å². The predicted octanol–water partition coefficient (Wildman–Crippen LogP) is 5.90. The van der Waals surface area contributed by atoms with Crippen LogP contribution in [-0.2, 0) is 0 Å². The number of rotatable bonds is 4. The third kappa shape index (κ3) is 2.96. The van der Waals surface area contributed by atoms with Gasteiger partial charge in [0, 0.05) is 9.75 Å². The zero-order chi connectivity index (χ0) is 13.1. The molecule has 2 rings (SSSR count). The van der Waals surface area contributed by atoms with E-state index in [0.717, 1.165) is 0 Å². The zero-order valence-electron chi connectivity index (χ0n) is 11.1.